The highest BCUT2D eigenvalue weighted by Gasteiger charge is 2.10. The molecule has 0 saturated carbocycles. The molecule has 7 heteroatoms. The van der Waals surface area contributed by atoms with Gasteiger partial charge < -0.3 is 13.9 Å². The van der Waals surface area contributed by atoms with Crippen molar-refractivity contribution in [3.63, 3.8) is 0 Å². The molecule has 0 amide bonds. The topological polar surface area (TPSA) is 87.6 Å². The van der Waals surface area contributed by atoms with Crippen LogP contribution >= 0.6 is 0 Å². The van der Waals surface area contributed by atoms with Crippen LogP contribution in [0.5, 0.6) is 11.5 Å². The van der Waals surface area contributed by atoms with E-state index in [1.807, 2.05) is 12.1 Å². The van der Waals surface area contributed by atoms with E-state index in [2.05, 4.69) is 4.98 Å². The van der Waals surface area contributed by atoms with Crippen LogP contribution in [0.4, 0.5) is 5.69 Å². The van der Waals surface area contributed by atoms with Crippen molar-refractivity contribution < 1.29 is 18.8 Å². The molecule has 0 N–H and O–H groups in total. The number of non-ortho nitro benzene ring substituents is 1. The number of nitrogens with zero attached hydrogens (tertiary/aromatic N) is 2. The van der Waals surface area contributed by atoms with Crippen molar-refractivity contribution >= 4 is 28.9 Å². The molecule has 122 valence electrons. The zero-order chi connectivity index (χ0) is 17.1. The molecule has 24 heavy (non-hydrogen) atoms. The summed E-state index contributed by atoms with van der Waals surface area (Å²) in [5.74, 6) is 1.62. The summed E-state index contributed by atoms with van der Waals surface area (Å²) in [6.45, 7) is 0. The fourth-order valence-corrected chi connectivity index (χ4v) is 2.24. The SMILES string of the molecule is COc1ccc(/C=C/c2nc3cc([N+](=O)[O-])ccc3o2)cc1OC. The average molecular weight is 326 g/mol. The van der Waals surface area contributed by atoms with E-state index < -0.39 is 4.92 Å². The molecule has 0 saturated heterocycles. The first-order chi connectivity index (χ1) is 11.6. The number of oxazole rings is 1. The highest BCUT2D eigenvalue weighted by molar-refractivity contribution is 5.78. The summed E-state index contributed by atoms with van der Waals surface area (Å²) in [7, 11) is 3.14. The lowest BCUT2D eigenvalue weighted by Gasteiger charge is -2.07. The minimum absolute atomic E-state index is 0.0220. The van der Waals surface area contributed by atoms with Gasteiger partial charge in [-0.2, -0.15) is 0 Å². The van der Waals surface area contributed by atoms with E-state index in [1.54, 1.807) is 32.4 Å². The smallest absolute Gasteiger partial charge is 0.271 e. The molecule has 0 fully saturated rings. The van der Waals surface area contributed by atoms with Crippen LogP contribution in [0.25, 0.3) is 23.3 Å². The first-order valence-electron chi connectivity index (χ1n) is 7.06. The van der Waals surface area contributed by atoms with E-state index in [1.165, 1.54) is 18.2 Å². The number of hydrogen-bond acceptors (Lipinski definition) is 6. The van der Waals surface area contributed by atoms with E-state index in [9.17, 15) is 10.1 Å². The molecule has 3 rings (SSSR count). The first kappa shape index (κ1) is 15.5. The molecular weight excluding hydrogens is 312 g/mol. The normalized spacial score (nSPS) is 11.1. The minimum atomic E-state index is -0.465. The predicted molar refractivity (Wildman–Crippen MR) is 89.1 cm³/mol. The summed E-state index contributed by atoms with van der Waals surface area (Å²) < 4.78 is 16.0. The second-order valence-electron chi connectivity index (χ2n) is 4.91. The molecule has 1 heterocycles. The molecule has 3 aromatic rings. The van der Waals surface area contributed by atoms with Gasteiger partial charge in [-0.25, -0.2) is 4.98 Å². The van der Waals surface area contributed by atoms with Crippen molar-refractivity contribution in [1.82, 2.24) is 4.98 Å². The third kappa shape index (κ3) is 3.05. The van der Waals surface area contributed by atoms with Gasteiger partial charge >= 0.3 is 0 Å². The molecule has 0 spiro atoms. The molecule has 0 aliphatic carbocycles. The van der Waals surface area contributed by atoms with Gasteiger partial charge in [-0.3, -0.25) is 10.1 Å². The second-order valence-corrected chi connectivity index (χ2v) is 4.91. The van der Waals surface area contributed by atoms with Crippen LogP contribution < -0.4 is 9.47 Å². The van der Waals surface area contributed by atoms with Gasteiger partial charge in [0.2, 0.25) is 5.89 Å². The lowest BCUT2D eigenvalue weighted by atomic mass is 10.2. The summed E-state index contributed by atoms with van der Waals surface area (Å²) >= 11 is 0. The Bertz CT molecular complexity index is 930. The highest BCUT2D eigenvalue weighted by atomic mass is 16.6. The minimum Gasteiger partial charge on any atom is -0.493 e. The maximum absolute atomic E-state index is 10.8. The standard InChI is InChI=1S/C17H14N2O5/c1-22-15-6-3-11(9-16(15)23-2)4-8-17-18-13-10-12(19(20)21)5-7-14(13)24-17/h3-10H,1-2H3/b8-4+. The Balaban J connectivity index is 1.89. The summed E-state index contributed by atoms with van der Waals surface area (Å²) in [5, 5.41) is 10.8. The number of fused-ring (bicyclic) bond motifs is 1. The number of ether oxygens (including phenoxy) is 2. The monoisotopic (exact) mass is 326 g/mol. The summed E-state index contributed by atoms with van der Waals surface area (Å²) in [4.78, 5) is 14.6. The Labute approximate surface area is 137 Å². The van der Waals surface area contributed by atoms with Crippen LogP contribution in [0, 0.1) is 10.1 Å². The Hall–Kier alpha value is -3.35. The number of aromatic nitrogens is 1. The molecule has 0 unspecified atom stereocenters. The predicted octanol–water partition coefficient (Wildman–Crippen LogP) is 3.92. The third-order valence-electron chi connectivity index (χ3n) is 3.42. The largest absolute Gasteiger partial charge is 0.493 e. The maximum Gasteiger partial charge on any atom is 0.271 e. The number of nitro benzene ring substituents is 1. The van der Waals surface area contributed by atoms with Crippen LogP contribution in [0.1, 0.15) is 11.5 Å². The number of hydrogen-bond donors (Lipinski definition) is 0. The van der Waals surface area contributed by atoms with Gasteiger partial charge in [-0.15, -0.1) is 0 Å². The fraction of sp³-hybridized carbons (Fsp3) is 0.118. The maximum atomic E-state index is 10.8. The van der Waals surface area contributed by atoms with Gasteiger partial charge in [0.25, 0.3) is 5.69 Å². The van der Waals surface area contributed by atoms with Gasteiger partial charge in [0.05, 0.1) is 19.1 Å². The van der Waals surface area contributed by atoms with Crippen molar-refractivity contribution in [2.45, 2.75) is 0 Å². The Morgan fingerprint density at radius 2 is 1.88 bits per heavy atom. The zero-order valence-corrected chi connectivity index (χ0v) is 13.1. The molecule has 0 aliphatic rings. The van der Waals surface area contributed by atoms with Crippen molar-refractivity contribution in [2.24, 2.45) is 0 Å². The van der Waals surface area contributed by atoms with Crippen LogP contribution in [0.2, 0.25) is 0 Å². The molecule has 1 aromatic heterocycles. The second kappa shape index (κ2) is 6.41. The van der Waals surface area contributed by atoms with Crippen molar-refractivity contribution in [3.8, 4) is 11.5 Å². The molecule has 7 nitrogen and oxygen atoms in total. The summed E-state index contributed by atoms with van der Waals surface area (Å²) in [6, 6.07) is 9.79. The number of benzene rings is 2. The number of rotatable bonds is 5. The van der Waals surface area contributed by atoms with E-state index in [0.29, 0.717) is 28.5 Å². The lowest BCUT2D eigenvalue weighted by molar-refractivity contribution is -0.384. The first-order valence-corrected chi connectivity index (χ1v) is 7.06. The molecule has 0 atom stereocenters. The van der Waals surface area contributed by atoms with Gasteiger partial charge in [0.1, 0.15) is 5.52 Å². The van der Waals surface area contributed by atoms with Gasteiger partial charge in [0.15, 0.2) is 17.1 Å². The molecular formula is C17H14N2O5. The van der Waals surface area contributed by atoms with Gasteiger partial charge in [0, 0.05) is 18.2 Å². The molecule has 0 bridgehead atoms. The van der Waals surface area contributed by atoms with E-state index in [-0.39, 0.29) is 5.69 Å². The van der Waals surface area contributed by atoms with E-state index in [0.717, 1.165) is 5.56 Å². The quantitative estimate of drug-likeness (QED) is 0.521. The highest BCUT2D eigenvalue weighted by Crippen LogP contribution is 2.28. The van der Waals surface area contributed by atoms with Gasteiger partial charge in [-0.1, -0.05) is 6.07 Å². The molecule has 0 radical (unpaired) electrons. The van der Waals surface area contributed by atoms with Crippen LogP contribution in [-0.2, 0) is 0 Å². The Kier molecular flexibility index (Phi) is 4.15. The van der Waals surface area contributed by atoms with Gasteiger partial charge in [-0.05, 0) is 29.8 Å². The molecule has 0 aliphatic heterocycles. The third-order valence-corrected chi connectivity index (χ3v) is 3.42. The Morgan fingerprint density at radius 1 is 1.08 bits per heavy atom. The zero-order valence-electron chi connectivity index (χ0n) is 13.1. The summed E-state index contributed by atoms with van der Waals surface area (Å²) in [6.07, 6.45) is 3.49. The van der Waals surface area contributed by atoms with Crippen molar-refractivity contribution in [2.75, 3.05) is 14.2 Å². The van der Waals surface area contributed by atoms with Crippen LogP contribution in [0.3, 0.4) is 0 Å². The van der Waals surface area contributed by atoms with E-state index >= 15 is 0 Å². The van der Waals surface area contributed by atoms with E-state index in [4.69, 9.17) is 13.9 Å². The average Bonchev–Trinajstić information content (AvgIpc) is 3.01. The van der Waals surface area contributed by atoms with Crippen LogP contribution in [-0.4, -0.2) is 24.1 Å². The number of nitro groups is 1. The Morgan fingerprint density at radius 3 is 2.58 bits per heavy atom. The summed E-state index contributed by atoms with van der Waals surface area (Å²) in [5.41, 5.74) is 1.79. The lowest BCUT2D eigenvalue weighted by Crippen LogP contribution is -1.90. The fourth-order valence-electron chi connectivity index (χ4n) is 2.24. The van der Waals surface area contributed by atoms with Crippen LogP contribution in [0.15, 0.2) is 40.8 Å². The van der Waals surface area contributed by atoms with Crippen molar-refractivity contribution in [3.05, 3.63) is 58.0 Å². The van der Waals surface area contributed by atoms with Crippen molar-refractivity contribution in [1.29, 1.82) is 0 Å². The molecule has 2 aromatic carbocycles. The number of methoxy groups -OCH3 is 2.